The third-order valence-corrected chi connectivity index (χ3v) is 3.94. The van der Waals surface area contributed by atoms with Crippen molar-refractivity contribution in [1.29, 1.82) is 0 Å². The number of carbonyl (C=O) groups is 2. The number of rotatable bonds is 2. The number of hydrogen-bond acceptors (Lipinski definition) is 2. The molecule has 2 aromatic carbocycles. The van der Waals surface area contributed by atoms with Crippen molar-refractivity contribution < 1.29 is 9.59 Å². The topological polar surface area (TPSA) is 40.6 Å². The van der Waals surface area contributed by atoms with Gasteiger partial charge >= 0.3 is 0 Å². The van der Waals surface area contributed by atoms with Gasteiger partial charge in [-0.1, -0.05) is 24.3 Å². The number of hydrogen-bond donors (Lipinski definition) is 0. The van der Waals surface area contributed by atoms with Crippen molar-refractivity contribution in [1.82, 2.24) is 9.80 Å². The molecule has 2 aromatic rings. The van der Waals surface area contributed by atoms with Gasteiger partial charge in [0, 0.05) is 44.7 Å². The molecule has 1 aliphatic rings. The maximum Gasteiger partial charge on any atom is 0.253 e. The third kappa shape index (κ3) is 1.99. The predicted octanol–water partition coefficient (Wildman–Crippen LogP) is 2.73. The summed E-state index contributed by atoms with van der Waals surface area (Å²) < 4.78 is 0. The highest BCUT2D eigenvalue weighted by Crippen LogP contribution is 2.36. The summed E-state index contributed by atoms with van der Waals surface area (Å²) in [6, 6.07) is 7.50. The summed E-state index contributed by atoms with van der Waals surface area (Å²) in [5, 5.41) is 1.73. The van der Waals surface area contributed by atoms with Gasteiger partial charge in [0.2, 0.25) is 0 Å². The zero-order valence-corrected chi connectivity index (χ0v) is 13.2. The summed E-state index contributed by atoms with van der Waals surface area (Å²) in [5.74, 6) is -0.188. The normalized spacial score (nSPS) is 11.8. The predicted molar refractivity (Wildman–Crippen MR) is 88.9 cm³/mol. The van der Waals surface area contributed by atoms with E-state index < -0.39 is 0 Å². The molecule has 0 unspecified atom stereocenters. The molecule has 2 amide bonds. The van der Waals surface area contributed by atoms with Gasteiger partial charge in [0.05, 0.1) is 0 Å². The Balaban J connectivity index is 2.40. The lowest BCUT2D eigenvalue weighted by atomic mass is 9.93. The minimum absolute atomic E-state index is 0.0941. The van der Waals surface area contributed by atoms with Crippen LogP contribution in [0.1, 0.15) is 31.8 Å². The second-order valence-corrected chi connectivity index (χ2v) is 5.89. The van der Waals surface area contributed by atoms with Crippen LogP contribution in [0.2, 0.25) is 0 Å². The zero-order chi connectivity index (χ0) is 16.0. The average molecular weight is 294 g/mol. The highest BCUT2D eigenvalue weighted by atomic mass is 16.2. The van der Waals surface area contributed by atoms with Crippen molar-refractivity contribution in [3.05, 3.63) is 46.5 Å². The van der Waals surface area contributed by atoms with Gasteiger partial charge in [-0.15, -0.1) is 0 Å². The first-order valence-corrected chi connectivity index (χ1v) is 7.13. The maximum atomic E-state index is 12.5. The monoisotopic (exact) mass is 294 g/mol. The van der Waals surface area contributed by atoms with Crippen molar-refractivity contribution in [2.45, 2.75) is 0 Å². The Labute approximate surface area is 129 Å². The van der Waals surface area contributed by atoms with Crippen LogP contribution in [-0.2, 0) is 0 Å². The van der Waals surface area contributed by atoms with E-state index in [0.717, 1.165) is 21.9 Å². The van der Waals surface area contributed by atoms with Gasteiger partial charge in [0.15, 0.2) is 0 Å². The Hall–Kier alpha value is -2.62. The molecule has 22 heavy (non-hydrogen) atoms. The minimum Gasteiger partial charge on any atom is -0.345 e. The van der Waals surface area contributed by atoms with Crippen LogP contribution in [0, 0.1) is 0 Å². The van der Waals surface area contributed by atoms with Crippen LogP contribution in [0.3, 0.4) is 0 Å². The van der Waals surface area contributed by atoms with Gasteiger partial charge in [0.1, 0.15) is 0 Å². The molecule has 1 aliphatic carbocycles. The molecule has 4 nitrogen and oxygen atoms in total. The summed E-state index contributed by atoms with van der Waals surface area (Å²) in [4.78, 5) is 28.1. The van der Waals surface area contributed by atoms with E-state index in [2.05, 4.69) is 0 Å². The molecule has 0 spiro atoms. The SMILES string of the molecule is CN(C)C(=O)c1ccc2c3c(ccc(C(=O)N(C)C)c13)C=C2. The van der Waals surface area contributed by atoms with Crippen molar-refractivity contribution in [2.75, 3.05) is 28.2 Å². The number of benzene rings is 2. The van der Waals surface area contributed by atoms with Crippen molar-refractivity contribution in [2.24, 2.45) is 0 Å². The molecule has 0 saturated heterocycles. The van der Waals surface area contributed by atoms with Crippen molar-refractivity contribution >= 4 is 34.7 Å². The molecule has 0 atom stereocenters. The van der Waals surface area contributed by atoms with Crippen LogP contribution in [0.25, 0.3) is 22.9 Å². The second-order valence-electron chi connectivity index (χ2n) is 5.89. The second kappa shape index (κ2) is 4.98. The van der Waals surface area contributed by atoms with E-state index in [1.165, 1.54) is 9.80 Å². The minimum atomic E-state index is -0.0941. The Morgan fingerprint density at radius 1 is 0.682 bits per heavy atom. The molecular formula is C18H18N2O2. The Morgan fingerprint density at radius 3 is 1.45 bits per heavy atom. The van der Waals surface area contributed by atoms with Crippen LogP contribution < -0.4 is 0 Å². The van der Waals surface area contributed by atoms with Gasteiger partial charge in [-0.3, -0.25) is 9.59 Å². The quantitative estimate of drug-likeness (QED) is 0.729. The van der Waals surface area contributed by atoms with Crippen molar-refractivity contribution in [3.8, 4) is 0 Å². The highest BCUT2D eigenvalue weighted by molar-refractivity contribution is 6.20. The lowest BCUT2D eigenvalue weighted by Crippen LogP contribution is -2.25. The van der Waals surface area contributed by atoms with Gasteiger partial charge < -0.3 is 9.80 Å². The van der Waals surface area contributed by atoms with E-state index in [1.807, 2.05) is 36.4 Å². The van der Waals surface area contributed by atoms with Gasteiger partial charge in [-0.25, -0.2) is 0 Å². The van der Waals surface area contributed by atoms with Crippen LogP contribution in [0.5, 0.6) is 0 Å². The summed E-state index contributed by atoms with van der Waals surface area (Å²) in [6.07, 6.45) is 4.04. The van der Waals surface area contributed by atoms with E-state index in [9.17, 15) is 9.59 Å². The van der Waals surface area contributed by atoms with Gasteiger partial charge in [-0.05, 0) is 28.6 Å². The molecule has 0 heterocycles. The molecule has 0 aromatic heterocycles. The standard InChI is InChI=1S/C18H18N2O2/c1-19(2)17(21)13-9-7-11-5-6-12-8-10-14(16(13)15(11)12)18(22)20(3)4/h5-10H,1-4H3. The van der Waals surface area contributed by atoms with Crippen molar-refractivity contribution in [3.63, 3.8) is 0 Å². The smallest absolute Gasteiger partial charge is 0.253 e. The first kappa shape index (κ1) is 14.3. The van der Waals surface area contributed by atoms with Gasteiger partial charge in [-0.2, -0.15) is 0 Å². The number of nitrogens with zero attached hydrogens (tertiary/aromatic N) is 2. The van der Waals surface area contributed by atoms with Crippen LogP contribution in [0.4, 0.5) is 0 Å². The lowest BCUT2D eigenvalue weighted by molar-refractivity contribution is 0.0828. The molecule has 0 aliphatic heterocycles. The molecule has 4 heteroatoms. The molecule has 0 N–H and O–H groups in total. The van der Waals surface area contributed by atoms with E-state index >= 15 is 0 Å². The van der Waals surface area contributed by atoms with E-state index in [-0.39, 0.29) is 11.8 Å². The fourth-order valence-electron chi connectivity index (χ4n) is 2.84. The lowest BCUT2D eigenvalue weighted by Gasteiger charge is -2.18. The Bertz CT molecular complexity index is 768. The molecule has 0 radical (unpaired) electrons. The highest BCUT2D eigenvalue weighted by Gasteiger charge is 2.23. The molecule has 0 saturated carbocycles. The third-order valence-electron chi connectivity index (χ3n) is 3.94. The first-order valence-electron chi connectivity index (χ1n) is 7.13. The number of carbonyl (C=O) groups excluding carboxylic acids is 2. The fourth-order valence-corrected chi connectivity index (χ4v) is 2.84. The summed E-state index contributed by atoms with van der Waals surface area (Å²) in [5.41, 5.74) is 3.24. The Kier molecular flexibility index (Phi) is 3.24. The Morgan fingerprint density at radius 2 is 1.09 bits per heavy atom. The molecular weight excluding hydrogens is 276 g/mol. The average Bonchev–Trinajstić information content (AvgIpc) is 2.91. The summed E-state index contributed by atoms with van der Waals surface area (Å²) in [6.45, 7) is 0. The van der Waals surface area contributed by atoms with Crippen LogP contribution in [-0.4, -0.2) is 49.8 Å². The molecule has 0 bridgehead atoms. The van der Waals surface area contributed by atoms with Gasteiger partial charge in [0.25, 0.3) is 11.8 Å². The summed E-state index contributed by atoms with van der Waals surface area (Å²) in [7, 11) is 6.88. The maximum absolute atomic E-state index is 12.5. The van der Waals surface area contributed by atoms with E-state index in [0.29, 0.717) is 11.1 Å². The van der Waals surface area contributed by atoms with E-state index in [1.54, 1.807) is 28.2 Å². The molecule has 112 valence electrons. The molecule has 3 rings (SSSR count). The largest absolute Gasteiger partial charge is 0.345 e. The summed E-state index contributed by atoms with van der Waals surface area (Å²) >= 11 is 0. The van der Waals surface area contributed by atoms with Crippen LogP contribution in [0.15, 0.2) is 24.3 Å². The first-order chi connectivity index (χ1) is 10.4. The number of amides is 2. The van der Waals surface area contributed by atoms with Crippen LogP contribution >= 0.6 is 0 Å². The zero-order valence-electron chi connectivity index (χ0n) is 13.2. The molecule has 0 fully saturated rings. The fraction of sp³-hybridized carbons (Fsp3) is 0.222. The van der Waals surface area contributed by atoms with E-state index in [4.69, 9.17) is 0 Å².